The summed E-state index contributed by atoms with van der Waals surface area (Å²) in [6.45, 7) is 1.99. The van der Waals surface area contributed by atoms with Crippen LogP contribution in [0.2, 0.25) is 0 Å². The maximum absolute atomic E-state index is 12.8. The lowest BCUT2D eigenvalue weighted by molar-refractivity contribution is -0.131. The lowest BCUT2D eigenvalue weighted by Gasteiger charge is -2.26. The van der Waals surface area contributed by atoms with Gasteiger partial charge in [0.2, 0.25) is 6.79 Å². The first-order valence-corrected chi connectivity index (χ1v) is 10.6. The van der Waals surface area contributed by atoms with Crippen LogP contribution in [0.3, 0.4) is 0 Å². The summed E-state index contributed by atoms with van der Waals surface area (Å²) in [6, 6.07) is 12.2. The van der Waals surface area contributed by atoms with Crippen molar-refractivity contribution in [3.8, 4) is 17.2 Å². The molecule has 176 valence electrons. The summed E-state index contributed by atoms with van der Waals surface area (Å²) in [5.74, 6) is 0.460. The Balaban J connectivity index is 1.76. The fourth-order valence-corrected chi connectivity index (χ4v) is 3.42. The van der Waals surface area contributed by atoms with Crippen molar-refractivity contribution in [2.75, 3.05) is 25.3 Å². The van der Waals surface area contributed by atoms with Gasteiger partial charge in [0.25, 0.3) is 0 Å². The molecule has 0 spiro atoms. The molecule has 2 aromatic rings. The van der Waals surface area contributed by atoms with Crippen LogP contribution in [0, 0.1) is 5.92 Å². The predicted octanol–water partition coefficient (Wildman–Crippen LogP) is 4.13. The van der Waals surface area contributed by atoms with Gasteiger partial charge >= 0.3 is 12.1 Å². The number of amides is 1. The van der Waals surface area contributed by atoms with Gasteiger partial charge in [-0.2, -0.15) is 0 Å². The Morgan fingerprint density at radius 2 is 1.97 bits per heavy atom. The van der Waals surface area contributed by atoms with E-state index >= 15 is 0 Å². The number of fused-ring (bicyclic) bond motifs is 1. The molecule has 2 aromatic carbocycles. The Kier molecular flexibility index (Phi) is 8.54. The molecule has 0 aliphatic carbocycles. The lowest BCUT2D eigenvalue weighted by Crippen LogP contribution is -2.22. The van der Waals surface area contributed by atoms with Crippen LogP contribution in [0.5, 0.6) is 17.2 Å². The van der Waals surface area contributed by atoms with E-state index in [0.29, 0.717) is 41.3 Å². The van der Waals surface area contributed by atoms with E-state index in [4.69, 9.17) is 29.2 Å². The van der Waals surface area contributed by atoms with Gasteiger partial charge in [0.15, 0.2) is 11.5 Å². The molecule has 1 heterocycles. The fraction of sp³-hybridized carbons (Fsp3) is 0.333. The van der Waals surface area contributed by atoms with Crippen LogP contribution < -0.4 is 19.5 Å². The standard InChI is InChI=1S/C24H27NO8/c1-16(6-2-5-9-22(27)28)23(18-7-3-4-8-19(18)30-13-12-26)33-24(29)25-17-10-11-20-21(14-17)32-15-31-20/h3-5,7-11,14,16,23,26H,2,6,12-13,15H2,1H3,(H,25,29)(H,27,28)/b9-5+/t16-,23+/m1/s1. The predicted molar refractivity (Wildman–Crippen MR) is 120 cm³/mol. The van der Waals surface area contributed by atoms with Crippen molar-refractivity contribution in [2.45, 2.75) is 25.9 Å². The van der Waals surface area contributed by atoms with E-state index in [-0.39, 0.29) is 25.9 Å². The van der Waals surface area contributed by atoms with E-state index in [0.717, 1.165) is 6.08 Å². The van der Waals surface area contributed by atoms with Gasteiger partial charge in [-0.3, -0.25) is 5.32 Å². The maximum atomic E-state index is 12.8. The zero-order valence-corrected chi connectivity index (χ0v) is 18.2. The van der Waals surface area contributed by atoms with E-state index < -0.39 is 18.2 Å². The third-order valence-corrected chi connectivity index (χ3v) is 4.99. The largest absolute Gasteiger partial charge is 0.491 e. The van der Waals surface area contributed by atoms with Gasteiger partial charge in [0, 0.05) is 23.4 Å². The molecule has 3 rings (SSSR count). The Labute approximate surface area is 191 Å². The number of ether oxygens (including phenoxy) is 4. The van der Waals surface area contributed by atoms with Gasteiger partial charge in [-0.25, -0.2) is 9.59 Å². The number of carboxylic acid groups (broad SMARTS) is 1. The minimum Gasteiger partial charge on any atom is -0.491 e. The van der Waals surface area contributed by atoms with E-state index in [9.17, 15) is 9.59 Å². The quantitative estimate of drug-likeness (QED) is 0.430. The summed E-state index contributed by atoms with van der Waals surface area (Å²) in [5, 5.41) is 20.6. The van der Waals surface area contributed by atoms with Crippen molar-refractivity contribution in [3.63, 3.8) is 0 Å². The number of rotatable bonds is 11. The van der Waals surface area contributed by atoms with Crippen LogP contribution in [-0.2, 0) is 9.53 Å². The molecule has 0 fully saturated rings. The minimum atomic E-state index is -1.01. The monoisotopic (exact) mass is 457 g/mol. The van der Waals surface area contributed by atoms with Crippen molar-refractivity contribution in [3.05, 3.63) is 60.2 Å². The highest BCUT2D eigenvalue weighted by Gasteiger charge is 2.27. The number of hydrogen-bond donors (Lipinski definition) is 3. The number of benzene rings is 2. The van der Waals surface area contributed by atoms with E-state index in [2.05, 4.69) is 5.32 Å². The molecule has 0 unspecified atom stereocenters. The molecule has 33 heavy (non-hydrogen) atoms. The summed E-state index contributed by atoms with van der Waals surface area (Å²) >= 11 is 0. The van der Waals surface area contributed by atoms with E-state index in [1.807, 2.05) is 13.0 Å². The van der Waals surface area contributed by atoms with Gasteiger partial charge in [-0.15, -0.1) is 0 Å². The summed E-state index contributed by atoms with van der Waals surface area (Å²) in [6.07, 6.45) is 2.39. The van der Waals surface area contributed by atoms with Crippen LogP contribution in [0.25, 0.3) is 0 Å². The van der Waals surface area contributed by atoms with Gasteiger partial charge in [0.05, 0.1) is 6.61 Å². The molecule has 2 atom stereocenters. The number of aliphatic hydroxyl groups is 1. The highest BCUT2D eigenvalue weighted by Crippen LogP contribution is 2.37. The van der Waals surface area contributed by atoms with E-state index in [1.165, 1.54) is 0 Å². The second-order valence-corrected chi connectivity index (χ2v) is 7.42. The van der Waals surface area contributed by atoms with Gasteiger partial charge in [-0.05, 0) is 37.0 Å². The molecule has 9 nitrogen and oxygen atoms in total. The fourth-order valence-electron chi connectivity index (χ4n) is 3.42. The Hall–Kier alpha value is -3.72. The Morgan fingerprint density at radius 1 is 1.18 bits per heavy atom. The van der Waals surface area contributed by atoms with Gasteiger partial charge < -0.3 is 29.2 Å². The van der Waals surface area contributed by atoms with Crippen molar-refractivity contribution in [1.82, 2.24) is 0 Å². The molecule has 3 N–H and O–H groups in total. The highest BCUT2D eigenvalue weighted by molar-refractivity contribution is 5.85. The number of nitrogens with one attached hydrogen (secondary N) is 1. The SMILES string of the molecule is C[C@H](CC/C=C/C(=O)O)[C@H](OC(=O)Nc1ccc2c(c1)OCO2)c1ccccc1OCCO. The molecule has 1 aliphatic rings. The Bertz CT molecular complexity index is 990. The average Bonchev–Trinajstić information content (AvgIpc) is 3.27. The molecule has 0 bridgehead atoms. The summed E-state index contributed by atoms with van der Waals surface area (Å²) < 4.78 is 22.1. The lowest BCUT2D eigenvalue weighted by atomic mass is 9.92. The van der Waals surface area contributed by atoms with Gasteiger partial charge in [-0.1, -0.05) is 31.2 Å². The zero-order chi connectivity index (χ0) is 23.6. The molecule has 1 amide bonds. The second kappa shape index (κ2) is 11.8. The number of anilines is 1. The number of aliphatic carboxylic acids is 1. The van der Waals surface area contributed by atoms with Crippen LogP contribution in [0.15, 0.2) is 54.6 Å². The number of para-hydroxylation sites is 1. The molecule has 0 saturated carbocycles. The number of carbonyl (C=O) groups excluding carboxylic acids is 1. The van der Waals surface area contributed by atoms with E-state index in [1.54, 1.807) is 42.5 Å². The molecule has 0 aromatic heterocycles. The third-order valence-electron chi connectivity index (χ3n) is 4.99. The summed E-state index contributed by atoms with van der Waals surface area (Å²) in [4.78, 5) is 23.5. The normalized spacial score (nSPS) is 14.0. The first-order valence-electron chi connectivity index (χ1n) is 10.6. The molecule has 1 aliphatic heterocycles. The molecular formula is C24H27NO8. The molecule has 0 saturated heterocycles. The average molecular weight is 457 g/mol. The van der Waals surface area contributed by atoms with Crippen molar-refractivity contribution < 1.29 is 38.7 Å². The number of aliphatic hydroxyl groups excluding tert-OH is 1. The molecule has 9 heteroatoms. The number of carbonyl (C=O) groups is 2. The summed E-state index contributed by atoms with van der Waals surface area (Å²) in [7, 11) is 0. The zero-order valence-electron chi connectivity index (χ0n) is 18.2. The summed E-state index contributed by atoms with van der Waals surface area (Å²) in [5.41, 5.74) is 1.14. The number of carboxylic acids is 1. The Morgan fingerprint density at radius 3 is 2.76 bits per heavy atom. The van der Waals surface area contributed by atoms with Crippen LogP contribution >= 0.6 is 0 Å². The topological polar surface area (TPSA) is 124 Å². The first-order chi connectivity index (χ1) is 16.0. The van der Waals surface area contributed by atoms with Crippen molar-refractivity contribution in [1.29, 1.82) is 0 Å². The van der Waals surface area contributed by atoms with Crippen LogP contribution in [-0.4, -0.2) is 42.3 Å². The second-order valence-electron chi connectivity index (χ2n) is 7.42. The maximum Gasteiger partial charge on any atom is 0.412 e. The smallest absolute Gasteiger partial charge is 0.412 e. The minimum absolute atomic E-state index is 0.100. The number of allylic oxidation sites excluding steroid dienone is 1. The van der Waals surface area contributed by atoms with Crippen LogP contribution in [0.1, 0.15) is 31.4 Å². The van der Waals surface area contributed by atoms with Crippen molar-refractivity contribution in [2.24, 2.45) is 5.92 Å². The van der Waals surface area contributed by atoms with Crippen molar-refractivity contribution >= 4 is 17.7 Å². The van der Waals surface area contributed by atoms with Crippen LogP contribution in [0.4, 0.5) is 10.5 Å². The third kappa shape index (κ3) is 6.88. The van der Waals surface area contributed by atoms with Gasteiger partial charge in [0.1, 0.15) is 18.5 Å². The number of hydrogen-bond acceptors (Lipinski definition) is 7. The first kappa shape index (κ1) is 23.9. The molecule has 0 radical (unpaired) electrons. The molecular weight excluding hydrogens is 430 g/mol. The highest BCUT2D eigenvalue weighted by atomic mass is 16.7.